The number of amides is 2. The molecule has 2 aromatic rings. The highest BCUT2D eigenvalue weighted by atomic mass is 16.2. The number of benzene rings is 1. The first kappa shape index (κ1) is 17.3. The van der Waals surface area contributed by atoms with Crippen LogP contribution < -0.4 is 5.32 Å². The van der Waals surface area contributed by atoms with Crippen molar-refractivity contribution in [3.63, 3.8) is 0 Å². The van der Waals surface area contributed by atoms with E-state index < -0.39 is 0 Å². The zero-order chi connectivity index (χ0) is 17.6. The van der Waals surface area contributed by atoms with E-state index in [1.165, 1.54) is 5.56 Å². The van der Waals surface area contributed by atoms with Crippen molar-refractivity contribution in [1.82, 2.24) is 14.8 Å². The average molecular weight is 339 g/mol. The van der Waals surface area contributed by atoms with Crippen LogP contribution in [0.3, 0.4) is 0 Å². The maximum Gasteiger partial charge on any atom is 0.253 e. The molecule has 5 heteroatoms. The molecule has 0 bridgehead atoms. The molecule has 1 saturated heterocycles. The molecule has 0 saturated carbocycles. The highest BCUT2D eigenvalue weighted by Crippen LogP contribution is 2.19. The zero-order valence-corrected chi connectivity index (χ0v) is 14.6. The summed E-state index contributed by atoms with van der Waals surface area (Å²) in [6.07, 6.45) is 5.53. The van der Waals surface area contributed by atoms with Gasteiger partial charge < -0.3 is 14.8 Å². The van der Waals surface area contributed by atoms with E-state index in [2.05, 4.69) is 9.88 Å². The standard InChI is InChI=1S/C20H25N3O2/c1-2-21-19(24)17-9-13-23(14-10-17)20(25)18-7-5-16(6-8-18)15-22-11-3-4-12-22/h3-8,11-12,17H,2,9-10,13-15H2,1H3,(H,21,24). The molecule has 5 nitrogen and oxygen atoms in total. The summed E-state index contributed by atoms with van der Waals surface area (Å²) in [5.41, 5.74) is 1.88. The number of rotatable bonds is 5. The molecular formula is C20H25N3O2. The van der Waals surface area contributed by atoms with E-state index in [-0.39, 0.29) is 17.7 Å². The molecule has 2 heterocycles. The molecule has 25 heavy (non-hydrogen) atoms. The fraction of sp³-hybridized carbons (Fsp3) is 0.400. The van der Waals surface area contributed by atoms with Crippen LogP contribution >= 0.6 is 0 Å². The van der Waals surface area contributed by atoms with Gasteiger partial charge in [0.05, 0.1) is 0 Å². The number of hydrogen-bond acceptors (Lipinski definition) is 2. The third-order valence-corrected chi connectivity index (χ3v) is 4.74. The molecule has 0 spiro atoms. The van der Waals surface area contributed by atoms with Crippen LogP contribution in [0.2, 0.25) is 0 Å². The molecule has 2 amide bonds. The maximum absolute atomic E-state index is 12.7. The molecule has 3 rings (SSSR count). The van der Waals surface area contributed by atoms with Gasteiger partial charge in [0.15, 0.2) is 0 Å². The van der Waals surface area contributed by atoms with Crippen LogP contribution in [-0.2, 0) is 11.3 Å². The Labute approximate surface area is 148 Å². The first-order chi connectivity index (χ1) is 12.2. The summed E-state index contributed by atoms with van der Waals surface area (Å²) in [6.45, 7) is 4.68. The average Bonchev–Trinajstić information content (AvgIpc) is 3.15. The number of carbonyl (C=O) groups is 2. The van der Waals surface area contributed by atoms with Gasteiger partial charge in [-0.2, -0.15) is 0 Å². The van der Waals surface area contributed by atoms with Crippen LogP contribution in [0.4, 0.5) is 0 Å². The van der Waals surface area contributed by atoms with Gasteiger partial charge in [-0.15, -0.1) is 0 Å². The molecule has 1 N–H and O–H groups in total. The SMILES string of the molecule is CCNC(=O)C1CCN(C(=O)c2ccc(Cn3cccc3)cc2)CC1. The highest BCUT2D eigenvalue weighted by Gasteiger charge is 2.27. The minimum absolute atomic E-state index is 0.0351. The Bertz CT molecular complexity index is 699. The number of nitrogens with one attached hydrogen (secondary N) is 1. The third kappa shape index (κ3) is 4.29. The fourth-order valence-electron chi connectivity index (χ4n) is 3.29. The minimum atomic E-state index is 0.0351. The molecule has 1 aliphatic rings. The Hall–Kier alpha value is -2.56. The number of carbonyl (C=O) groups excluding carboxylic acids is 2. The van der Waals surface area contributed by atoms with Gasteiger partial charge >= 0.3 is 0 Å². The van der Waals surface area contributed by atoms with Gasteiger partial charge in [0.25, 0.3) is 5.91 Å². The quantitative estimate of drug-likeness (QED) is 0.910. The molecular weight excluding hydrogens is 314 g/mol. The van der Waals surface area contributed by atoms with E-state index in [9.17, 15) is 9.59 Å². The number of aromatic nitrogens is 1. The number of hydrogen-bond donors (Lipinski definition) is 1. The van der Waals surface area contributed by atoms with Gasteiger partial charge in [-0.25, -0.2) is 0 Å². The van der Waals surface area contributed by atoms with Crippen molar-refractivity contribution in [1.29, 1.82) is 0 Å². The summed E-state index contributed by atoms with van der Waals surface area (Å²) < 4.78 is 2.10. The summed E-state index contributed by atoms with van der Waals surface area (Å²) in [7, 11) is 0. The molecule has 1 aliphatic heterocycles. The van der Waals surface area contributed by atoms with E-state index in [0.29, 0.717) is 25.2 Å². The maximum atomic E-state index is 12.7. The first-order valence-electron chi connectivity index (χ1n) is 8.94. The molecule has 0 unspecified atom stereocenters. The van der Waals surface area contributed by atoms with Crippen LogP contribution in [0, 0.1) is 5.92 Å². The Morgan fingerprint density at radius 1 is 1.08 bits per heavy atom. The van der Waals surface area contributed by atoms with E-state index in [4.69, 9.17) is 0 Å². The Morgan fingerprint density at radius 2 is 1.72 bits per heavy atom. The highest BCUT2D eigenvalue weighted by molar-refractivity contribution is 5.94. The smallest absolute Gasteiger partial charge is 0.253 e. The number of likely N-dealkylation sites (tertiary alicyclic amines) is 1. The van der Waals surface area contributed by atoms with Crippen molar-refractivity contribution < 1.29 is 9.59 Å². The lowest BCUT2D eigenvalue weighted by Crippen LogP contribution is -2.43. The van der Waals surface area contributed by atoms with Crippen molar-refractivity contribution in [3.05, 3.63) is 59.9 Å². The Kier molecular flexibility index (Phi) is 5.53. The second-order valence-electron chi connectivity index (χ2n) is 6.51. The van der Waals surface area contributed by atoms with E-state index in [1.54, 1.807) is 0 Å². The summed E-state index contributed by atoms with van der Waals surface area (Å²) in [4.78, 5) is 26.4. The molecule has 1 fully saturated rings. The Morgan fingerprint density at radius 3 is 2.32 bits per heavy atom. The topological polar surface area (TPSA) is 54.3 Å². The third-order valence-electron chi connectivity index (χ3n) is 4.74. The number of piperidine rings is 1. The predicted octanol–water partition coefficient (Wildman–Crippen LogP) is 2.52. The van der Waals surface area contributed by atoms with Crippen LogP contribution in [0.15, 0.2) is 48.8 Å². The summed E-state index contributed by atoms with van der Waals surface area (Å²) in [5.74, 6) is 0.207. The molecule has 1 aromatic heterocycles. The lowest BCUT2D eigenvalue weighted by Gasteiger charge is -2.31. The van der Waals surface area contributed by atoms with Crippen molar-refractivity contribution in [2.45, 2.75) is 26.3 Å². The van der Waals surface area contributed by atoms with Crippen molar-refractivity contribution in [3.8, 4) is 0 Å². The van der Waals surface area contributed by atoms with Crippen LogP contribution in [0.25, 0.3) is 0 Å². The van der Waals surface area contributed by atoms with E-state index in [1.807, 2.05) is 60.6 Å². The molecule has 0 radical (unpaired) electrons. The van der Waals surface area contributed by atoms with E-state index >= 15 is 0 Å². The van der Waals surface area contributed by atoms with Crippen LogP contribution in [0.5, 0.6) is 0 Å². The predicted molar refractivity (Wildman–Crippen MR) is 97.3 cm³/mol. The fourth-order valence-corrected chi connectivity index (χ4v) is 3.29. The molecule has 0 atom stereocenters. The molecule has 1 aromatic carbocycles. The largest absolute Gasteiger partial charge is 0.356 e. The van der Waals surface area contributed by atoms with Crippen LogP contribution in [0.1, 0.15) is 35.7 Å². The second-order valence-corrected chi connectivity index (χ2v) is 6.51. The number of nitrogens with zero attached hydrogens (tertiary/aromatic N) is 2. The first-order valence-corrected chi connectivity index (χ1v) is 8.94. The lowest BCUT2D eigenvalue weighted by molar-refractivity contribution is -0.126. The van der Waals surface area contributed by atoms with Gasteiger partial charge in [-0.05, 0) is 49.6 Å². The minimum Gasteiger partial charge on any atom is -0.356 e. The van der Waals surface area contributed by atoms with Gasteiger partial charge in [-0.3, -0.25) is 9.59 Å². The summed E-state index contributed by atoms with van der Waals surface area (Å²) in [5, 5.41) is 2.87. The Balaban J connectivity index is 1.55. The van der Waals surface area contributed by atoms with Gasteiger partial charge in [0.2, 0.25) is 5.91 Å². The van der Waals surface area contributed by atoms with Crippen molar-refractivity contribution in [2.24, 2.45) is 5.92 Å². The molecule has 0 aliphatic carbocycles. The second kappa shape index (κ2) is 8.01. The summed E-state index contributed by atoms with van der Waals surface area (Å²) in [6, 6.07) is 11.8. The van der Waals surface area contributed by atoms with E-state index in [0.717, 1.165) is 19.4 Å². The lowest BCUT2D eigenvalue weighted by atomic mass is 9.95. The van der Waals surface area contributed by atoms with Crippen molar-refractivity contribution >= 4 is 11.8 Å². The van der Waals surface area contributed by atoms with Gasteiger partial charge in [-0.1, -0.05) is 12.1 Å². The zero-order valence-electron chi connectivity index (χ0n) is 14.6. The summed E-state index contributed by atoms with van der Waals surface area (Å²) >= 11 is 0. The monoisotopic (exact) mass is 339 g/mol. The van der Waals surface area contributed by atoms with Crippen molar-refractivity contribution in [2.75, 3.05) is 19.6 Å². The van der Waals surface area contributed by atoms with Gasteiger partial charge in [0.1, 0.15) is 0 Å². The normalized spacial score (nSPS) is 15.2. The van der Waals surface area contributed by atoms with Crippen LogP contribution in [-0.4, -0.2) is 40.9 Å². The van der Waals surface area contributed by atoms with Gasteiger partial charge in [0, 0.05) is 50.1 Å². The molecule has 132 valence electrons.